The molecule has 2 heterocycles. The number of urea groups is 1. The lowest BCUT2D eigenvalue weighted by Gasteiger charge is -2.19. The number of nitrogens with zero attached hydrogens (tertiary/aromatic N) is 4. The second-order valence-corrected chi connectivity index (χ2v) is 7.83. The number of benzene rings is 1. The summed E-state index contributed by atoms with van der Waals surface area (Å²) in [5.41, 5.74) is 0.350. The predicted octanol–water partition coefficient (Wildman–Crippen LogP) is 2.28. The van der Waals surface area contributed by atoms with Gasteiger partial charge >= 0.3 is 6.03 Å². The highest BCUT2D eigenvalue weighted by Gasteiger charge is 2.52. The van der Waals surface area contributed by atoms with E-state index in [9.17, 15) is 24.5 Å². The molecule has 1 aromatic carbocycles. The maximum Gasteiger partial charge on any atom is 0.325 e. The summed E-state index contributed by atoms with van der Waals surface area (Å²) >= 11 is 0. The Labute approximate surface area is 177 Å². The molecule has 2 aromatic rings. The molecule has 31 heavy (non-hydrogen) atoms. The van der Waals surface area contributed by atoms with Gasteiger partial charge in [0.05, 0.1) is 16.3 Å². The van der Waals surface area contributed by atoms with E-state index in [4.69, 9.17) is 0 Å². The Kier molecular flexibility index (Phi) is 5.17. The molecular weight excluding hydrogens is 404 g/mol. The van der Waals surface area contributed by atoms with Crippen molar-refractivity contribution in [3.8, 4) is 5.69 Å². The van der Waals surface area contributed by atoms with Crippen molar-refractivity contribution < 1.29 is 19.3 Å². The molecule has 1 spiro atoms. The number of aryl methyl sites for hydroxylation is 1. The highest BCUT2D eigenvalue weighted by molar-refractivity contribution is 6.07. The topological polar surface area (TPSA) is 139 Å². The van der Waals surface area contributed by atoms with Crippen LogP contribution < -0.4 is 10.6 Å². The van der Waals surface area contributed by atoms with Gasteiger partial charge in [-0.3, -0.25) is 24.6 Å². The van der Waals surface area contributed by atoms with Crippen molar-refractivity contribution in [2.75, 3.05) is 11.9 Å². The van der Waals surface area contributed by atoms with Crippen molar-refractivity contribution >= 4 is 29.4 Å². The zero-order valence-electron chi connectivity index (χ0n) is 17.0. The minimum Gasteiger partial charge on any atom is -0.323 e. The molecule has 162 valence electrons. The predicted molar refractivity (Wildman–Crippen MR) is 110 cm³/mol. The Balaban J connectivity index is 1.42. The number of hydrogen-bond acceptors (Lipinski definition) is 6. The molecule has 1 aliphatic carbocycles. The van der Waals surface area contributed by atoms with E-state index in [0.717, 1.165) is 17.7 Å². The first kappa shape index (κ1) is 20.5. The molecule has 2 N–H and O–H groups in total. The molecule has 2 fully saturated rings. The lowest BCUT2D eigenvalue weighted by Crippen LogP contribution is -2.44. The fourth-order valence-electron chi connectivity index (χ4n) is 4.12. The fraction of sp³-hybridized carbons (Fsp3) is 0.400. The number of carbonyl (C=O) groups is 3. The van der Waals surface area contributed by atoms with E-state index in [0.29, 0.717) is 30.0 Å². The second-order valence-electron chi connectivity index (χ2n) is 7.83. The van der Waals surface area contributed by atoms with Crippen molar-refractivity contribution in [2.45, 2.75) is 44.6 Å². The van der Waals surface area contributed by atoms with Gasteiger partial charge in [-0.15, -0.1) is 0 Å². The van der Waals surface area contributed by atoms with Crippen molar-refractivity contribution in [2.24, 2.45) is 0 Å². The third kappa shape index (κ3) is 3.86. The van der Waals surface area contributed by atoms with Crippen molar-refractivity contribution in [3.05, 3.63) is 46.1 Å². The van der Waals surface area contributed by atoms with Crippen molar-refractivity contribution in [1.82, 2.24) is 20.0 Å². The largest absolute Gasteiger partial charge is 0.325 e. The van der Waals surface area contributed by atoms with Gasteiger partial charge in [0.1, 0.15) is 11.4 Å². The van der Waals surface area contributed by atoms with Crippen LogP contribution in [0.3, 0.4) is 0 Å². The minimum atomic E-state index is -0.792. The van der Waals surface area contributed by atoms with Crippen molar-refractivity contribution in [3.63, 3.8) is 0 Å². The number of imide groups is 1. The Morgan fingerprint density at radius 3 is 2.58 bits per heavy atom. The molecule has 0 unspecified atom stereocenters. The third-order valence-electron chi connectivity index (χ3n) is 5.67. The summed E-state index contributed by atoms with van der Waals surface area (Å²) in [7, 11) is 0. The monoisotopic (exact) mass is 426 g/mol. The van der Waals surface area contributed by atoms with E-state index >= 15 is 0 Å². The molecule has 0 atom stereocenters. The number of hydrogen-bond donors (Lipinski definition) is 2. The summed E-state index contributed by atoms with van der Waals surface area (Å²) < 4.78 is 1.47. The van der Waals surface area contributed by atoms with Crippen LogP contribution >= 0.6 is 0 Å². The smallest absolute Gasteiger partial charge is 0.323 e. The van der Waals surface area contributed by atoms with Crippen LogP contribution in [0.2, 0.25) is 0 Å². The Morgan fingerprint density at radius 2 is 1.94 bits per heavy atom. The normalized spacial score (nSPS) is 17.3. The third-order valence-corrected chi connectivity index (χ3v) is 5.67. The van der Waals surface area contributed by atoms with Gasteiger partial charge in [-0.25, -0.2) is 9.48 Å². The highest BCUT2D eigenvalue weighted by atomic mass is 16.6. The van der Waals surface area contributed by atoms with Crippen LogP contribution in [0.5, 0.6) is 0 Å². The molecule has 4 amide bonds. The molecule has 11 nitrogen and oxygen atoms in total. The fourth-order valence-corrected chi connectivity index (χ4v) is 4.12. The summed E-state index contributed by atoms with van der Waals surface area (Å²) in [6.07, 6.45) is 3.00. The number of amides is 4. The van der Waals surface area contributed by atoms with Gasteiger partial charge < -0.3 is 10.6 Å². The van der Waals surface area contributed by atoms with Crippen LogP contribution in [0, 0.1) is 17.0 Å². The average Bonchev–Trinajstić information content (AvgIpc) is 3.40. The van der Waals surface area contributed by atoms with E-state index in [1.165, 1.54) is 28.9 Å². The number of aromatic nitrogens is 2. The van der Waals surface area contributed by atoms with Gasteiger partial charge in [0.2, 0.25) is 5.91 Å². The average molecular weight is 426 g/mol. The van der Waals surface area contributed by atoms with E-state index in [1.54, 1.807) is 13.0 Å². The Bertz CT molecular complexity index is 1050. The zero-order valence-corrected chi connectivity index (χ0v) is 17.0. The van der Waals surface area contributed by atoms with Crippen molar-refractivity contribution in [1.29, 1.82) is 0 Å². The number of nitro groups is 1. The van der Waals surface area contributed by atoms with Crippen LogP contribution in [-0.4, -0.2) is 49.5 Å². The van der Waals surface area contributed by atoms with E-state index in [-0.39, 0.29) is 30.5 Å². The number of nitrogens with one attached hydrogen (secondary N) is 2. The maximum atomic E-state index is 12.7. The maximum absolute atomic E-state index is 12.7. The van der Waals surface area contributed by atoms with Crippen LogP contribution in [-0.2, 0) is 9.59 Å². The summed E-state index contributed by atoms with van der Waals surface area (Å²) in [5.74, 6) is -0.244. The molecule has 2 aliphatic rings. The van der Waals surface area contributed by atoms with Gasteiger partial charge in [0, 0.05) is 31.2 Å². The molecule has 1 aliphatic heterocycles. The van der Waals surface area contributed by atoms with E-state index in [2.05, 4.69) is 15.7 Å². The number of rotatable bonds is 6. The summed E-state index contributed by atoms with van der Waals surface area (Å²) in [6.45, 7) is 1.74. The van der Waals surface area contributed by atoms with Crippen LogP contribution in [0.25, 0.3) is 5.69 Å². The van der Waals surface area contributed by atoms with E-state index < -0.39 is 16.5 Å². The Hall–Kier alpha value is -3.76. The molecular formula is C20H22N6O5. The standard InChI is InChI=1S/C20H22N6O5/c1-13-12-16(25(23-13)14-4-6-15(7-5-14)26(30)31)21-17(27)8-11-24-18(28)20(22-19(24)29)9-2-3-10-20/h4-7,12H,2-3,8-11H2,1H3,(H,21,27)(H,22,29). The SMILES string of the molecule is Cc1cc(NC(=O)CCN2C(=O)NC3(CCCC3)C2=O)n(-c2ccc([N+](=O)[O-])cc2)n1. The number of anilines is 1. The number of nitro benzene ring substituents is 1. The highest BCUT2D eigenvalue weighted by Crippen LogP contribution is 2.35. The van der Waals surface area contributed by atoms with Crippen LogP contribution in [0.4, 0.5) is 16.3 Å². The van der Waals surface area contributed by atoms with Gasteiger partial charge in [-0.1, -0.05) is 12.8 Å². The molecule has 1 aromatic heterocycles. The minimum absolute atomic E-state index is 0.0110. The van der Waals surface area contributed by atoms with Gasteiger partial charge in [-0.05, 0) is 31.9 Å². The molecule has 1 saturated carbocycles. The molecule has 0 radical (unpaired) electrons. The molecule has 4 rings (SSSR count). The number of carbonyl (C=O) groups excluding carboxylic acids is 3. The Morgan fingerprint density at radius 1 is 1.26 bits per heavy atom. The van der Waals surface area contributed by atoms with Gasteiger partial charge in [-0.2, -0.15) is 5.10 Å². The first-order valence-electron chi connectivity index (χ1n) is 10.0. The number of non-ortho nitro benzene ring substituents is 1. The van der Waals surface area contributed by atoms with Gasteiger partial charge in [0.25, 0.3) is 11.6 Å². The first-order chi connectivity index (χ1) is 14.8. The van der Waals surface area contributed by atoms with Crippen LogP contribution in [0.15, 0.2) is 30.3 Å². The molecule has 0 bridgehead atoms. The quantitative estimate of drug-likeness (QED) is 0.413. The lowest BCUT2D eigenvalue weighted by molar-refractivity contribution is -0.384. The molecule has 11 heteroatoms. The summed E-state index contributed by atoms with van der Waals surface area (Å²) in [6, 6.07) is 7.00. The lowest BCUT2D eigenvalue weighted by atomic mass is 9.98. The van der Waals surface area contributed by atoms with Crippen LogP contribution in [0.1, 0.15) is 37.8 Å². The zero-order chi connectivity index (χ0) is 22.2. The molecule has 1 saturated heterocycles. The van der Waals surface area contributed by atoms with Gasteiger partial charge in [0.15, 0.2) is 0 Å². The summed E-state index contributed by atoms with van der Waals surface area (Å²) in [5, 5.41) is 20.7. The first-order valence-corrected chi connectivity index (χ1v) is 10.0. The second kappa shape index (κ2) is 7.82. The summed E-state index contributed by atoms with van der Waals surface area (Å²) in [4.78, 5) is 48.9. The van der Waals surface area contributed by atoms with E-state index in [1.807, 2.05) is 0 Å².